The third kappa shape index (κ3) is 13.8. The number of ether oxygens (including phenoxy) is 3. The molecular formula is C59H80N4O9S. The van der Waals surface area contributed by atoms with Crippen LogP contribution in [0.3, 0.4) is 0 Å². The molecule has 2 heterocycles. The van der Waals surface area contributed by atoms with Crippen molar-refractivity contribution >= 4 is 32.7 Å². The number of oxime groups is 1. The molecule has 0 saturated heterocycles. The number of benzene rings is 3. The SMILES string of the molecule is C=CCO[C@@]12Oc3ccc(OC(=O)NCCCCCCCCCCCC)cc3[C@H]3[C@H](CCCCO)[C@@H](CCCCO)C=C(C(=NOCc4ccccc4)C[C@@H]1N(CCC)S(=O)(=O)c1cccc4cccnc14)[C@H]32. The van der Waals surface area contributed by atoms with Gasteiger partial charge < -0.3 is 34.6 Å². The lowest BCUT2D eigenvalue weighted by Crippen LogP contribution is -2.70. The number of hydrogen-bond donors (Lipinski definition) is 3. The van der Waals surface area contributed by atoms with Crippen molar-refractivity contribution in [2.45, 2.75) is 159 Å². The van der Waals surface area contributed by atoms with E-state index in [1.54, 1.807) is 36.5 Å². The molecule has 1 aromatic heterocycles. The second-order valence-electron chi connectivity index (χ2n) is 20.0. The molecule has 1 aliphatic heterocycles. The Morgan fingerprint density at radius 2 is 1.60 bits per heavy atom. The van der Waals surface area contributed by atoms with Crippen LogP contribution in [0.25, 0.3) is 10.9 Å². The van der Waals surface area contributed by atoms with Gasteiger partial charge in [0.05, 0.1) is 29.8 Å². The zero-order valence-electron chi connectivity index (χ0n) is 43.3. The van der Waals surface area contributed by atoms with Crippen LogP contribution >= 0.6 is 0 Å². The van der Waals surface area contributed by atoms with E-state index in [-0.39, 0.29) is 62.0 Å². The molecule has 14 heteroatoms. The van der Waals surface area contributed by atoms with Gasteiger partial charge >= 0.3 is 6.09 Å². The lowest BCUT2D eigenvalue weighted by molar-refractivity contribution is -0.251. The first-order valence-electron chi connectivity index (χ1n) is 27.3. The predicted molar refractivity (Wildman–Crippen MR) is 288 cm³/mol. The monoisotopic (exact) mass is 1020 g/mol. The summed E-state index contributed by atoms with van der Waals surface area (Å²) in [5.74, 6) is -1.89. The van der Waals surface area contributed by atoms with Gasteiger partial charge in [-0.2, -0.15) is 4.31 Å². The molecule has 7 rings (SSSR count). The van der Waals surface area contributed by atoms with Gasteiger partial charge in [0.2, 0.25) is 15.8 Å². The van der Waals surface area contributed by atoms with Crippen molar-refractivity contribution < 1.29 is 42.5 Å². The van der Waals surface area contributed by atoms with Gasteiger partial charge in [0.1, 0.15) is 23.0 Å². The summed E-state index contributed by atoms with van der Waals surface area (Å²) in [7, 11) is -4.33. The topological polar surface area (TPSA) is 169 Å². The van der Waals surface area contributed by atoms with Crippen LogP contribution in [0.4, 0.5) is 4.79 Å². The number of allylic oxidation sites excluding steroid dienone is 1. The van der Waals surface area contributed by atoms with Crippen molar-refractivity contribution in [3.05, 3.63) is 120 Å². The minimum atomic E-state index is -4.33. The summed E-state index contributed by atoms with van der Waals surface area (Å²) in [5.41, 5.74) is 3.54. The fourth-order valence-corrected chi connectivity index (χ4v) is 13.4. The molecule has 1 fully saturated rings. The van der Waals surface area contributed by atoms with Gasteiger partial charge in [0, 0.05) is 55.8 Å². The third-order valence-electron chi connectivity index (χ3n) is 14.9. The lowest BCUT2D eigenvalue weighted by atomic mass is 9.55. The molecule has 6 atom stereocenters. The summed E-state index contributed by atoms with van der Waals surface area (Å²) >= 11 is 0. The molecule has 3 aromatic carbocycles. The number of hydrogen-bond acceptors (Lipinski definition) is 11. The number of sulfonamides is 1. The highest BCUT2D eigenvalue weighted by Crippen LogP contribution is 2.62. The molecule has 1 amide bonds. The van der Waals surface area contributed by atoms with E-state index in [9.17, 15) is 15.0 Å². The Morgan fingerprint density at radius 3 is 2.33 bits per heavy atom. The normalized spacial score (nSPS) is 21.8. The molecule has 396 valence electrons. The number of pyridine rings is 1. The average Bonchev–Trinajstić information content (AvgIpc) is 3.40. The number of aromatic nitrogens is 1. The standard InChI is InChI=1S/C59H80N4O9S/c1-4-7-8-9-10-11-12-13-14-20-34-61-58(66)71-47-32-33-52-50(41-47)55-48(30-19-22-38-65)46(27-18-21-37-64)40-49-51(62-70-43-44-25-16-15-17-26-44)42-54(59(72-52,56(49)55)69-39-6-3)63(36-5-2)73(67,68)53-31-23-28-45-29-24-35-60-57(45)53/h6,15-17,23-26,28-29,31-33,35,40-41,46,48,54-56,64-65H,3-5,7-14,18-22,27,30,34,36-39,42-43H2,1-2H3,(H,61,66)/t46-,48+,54-,55+,56+,59+/m0/s1. The fraction of sp³-hybridized carbons (Fsp3) is 0.542. The number of fused-ring (bicyclic) bond motifs is 3. The smallest absolute Gasteiger partial charge is 0.412 e. The van der Waals surface area contributed by atoms with Gasteiger partial charge in [-0.1, -0.05) is 150 Å². The largest absolute Gasteiger partial charge is 0.460 e. The maximum absolute atomic E-state index is 15.7. The van der Waals surface area contributed by atoms with Gasteiger partial charge in [-0.15, -0.1) is 6.58 Å². The molecule has 3 aliphatic rings. The molecule has 1 saturated carbocycles. The number of rotatable bonds is 31. The quantitative estimate of drug-likeness (QED) is 0.0251. The number of carbonyl (C=O) groups is 1. The predicted octanol–water partition coefficient (Wildman–Crippen LogP) is 12.2. The minimum absolute atomic E-state index is 0.0217. The first kappa shape index (κ1) is 55.6. The summed E-state index contributed by atoms with van der Waals surface area (Å²) in [5, 5.41) is 28.7. The molecule has 0 bridgehead atoms. The summed E-state index contributed by atoms with van der Waals surface area (Å²) < 4.78 is 53.5. The van der Waals surface area contributed by atoms with Crippen molar-refractivity contribution in [2.75, 3.05) is 32.9 Å². The average molecular weight is 1020 g/mol. The van der Waals surface area contributed by atoms with E-state index in [1.807, 2.05) is 61.5 Å². The lowest BCUT2D eigenvalue weighted by Gasteiger charge is -2.59. The van der Waals surface area contributed by atoms with Crippen molar-refractivity contribution in [1.29, 1.82) is 0 Å². The third-order valence-corrected chi connectivity index (χ3v) is 16.8. The molecule has 0 unspecified atom stereocenters. The molecule has 73 heavy (non-hydrogen) atoms. The van der Waals surface area contributed by atoms with E-state index in [0.717, 1.165) is 61.6 Å². The maximum atomic E-state index is 15.7. The highest BCUT2D eigenvalue weighted by molar-refractivity contribution is 7.89. The van der Waals surface area contributed by atoms with E-state index in [0.29, 0.717) is 53.9 Å². The van der Waals surface area contributed by atoms with Crippen molar-refractivity contribution in [3.8, 4) is 11.5 Å². The summed E-state index contributed by atoms with van der Waals surface area (Å²) in [4.78, 5) is 24.4. The highest BCUT2D eigenvalue weighted by atomic mass is 32.2. The molecular weight excluding hydrogens is 941 g/mol. The first-order valence-corrected chi connectivity index (χ1v) is 28.7. The van der Waals surface area contributed by atoms with Gasteiger partial charge in [0.15, 0.2) is 0 Å². The Bertz CT molecular complexity index is 2550. The van der Waals surface area contributed by atoms with Crippen LogP contribution in [0, 0.1) is 17.8 Å². The Kier molecular flexibility index (Phi) is 21.3. The van der Waals surface area contributed by atoms with E-state index in [1.165, 1.54) is 49.3 Å². The van der Waals surface area contributed by atoms with Crippen LogP contribution in [-0.4, -0.2) is 84.5 Å². The second-order valence-corrected chi connectivity index (χ2v) is 21.8. The Balaban J connectivity index is 1.32. The number of amides is 1. The molecule has 2 aliphatic carbocycles. The van der Waals surface area contributed by atoms with E-state index < -0.39 is 33.9 Å². The number of para-hydroxylation sites is 1. The second kappa shape index (κ2) is 28.0. The zero-order chi connectivity index (χ0) is 51.5. The van der Waals surface area contributed by atoms with Crippen LogP contribution in [0.15, 0.2) is 119 Å². The summed E-state index contributed by atoms with van der Waals surface area (Å²) in [6, 6.07) is 23.1. The van der Waals surface area contributed by atoms with Gasteiger partial charge in [-0.3, -0.25) is 4.98 Å². The minimum Gasteiger partial charge on any atom is -0.460 e. The maximum Gasteiger partial charge on any atom is 0.412 e. The van der Waals surface area contributed by atoms with Crippen molar-refractivity contribution in [3.63, 3.8) is 0 Å². The van der Waals surface area contributed by atoms with E-state index in [4.69, 9.17) is 24.2 Å². The molecule has 4 aromatic rings. The van der Waals surface area contributed by atoms with E-state index >= 15 is 8.42 Å². The van der Waals surface area contributed by atoms with Crippen LogP contribution in [0.1, 0.15) is 146 Å². The number of nitrogens with one attached hydrogen (secondary N) is 1. The highest BCUT2D eigenvalue weighted by Gasteiger charge is 2.66. The molecule has 3 N–H and O–H groups in total. The summed E-state index contributed by atoms with van der Waals surface area (Å²) in [6.07, 6.45) is 21.8. The Morgan fingerprint density at radius 1 is 0.877 bits per heavy atom. The van der Waals surface area contributed by atoms with Crippen LogP contribution < -0.4 is 14.8 Å². The number of carbonyl (C=O) groups excluding carboxylic acids is 1. The Hall–Kier alpha value is -5.12. The van der Waals surface area contributed by atoms with Crippen LogP contribution in [0.5, 0.6) is 11.5 Å². The number of aliphatic hydroxyl groups excluding tert-OH is 2. The molecule has 0 spiro atoms. The number of aliphatic hydroxyl groups is 2. The molecule has 13 nitrogen and oxygen atoms in total. The van der Waals surface area contributed by atoms with Crippen LogP contribution in [-0.2, 0) is 26.2 Å². The van der Waals surface area contributed by atoms with Crippen LogP contribution in [0.2, 0.25) is 0 Å². The van der Waals surface area contributed by atoms with Gasteiger partial charge in [0.25, 0.3) is 0 Å². The zero-order valence-corrected chi connectivity index (χ0v) is 44.1. The molecule has 0 radical (unpaired) electrons. The number of unbranched alkanes of at least 4 members (excludes halogenated alkanes) is 11. The van der Waals surface area contributed by atoms with Gasteiger partial charge in [-0.05, 0) is 91.8 Å². The van der Waals surface area contributed by atoms with Gasteiger partial charge in [-0.25, -0.2) is 13.2 Å². The van der Waals surface area contributed by atoms with E-state index in [2.05, 4.69) is 29.9 Å². The first-order chi connectivity index (χ1) is 35.7. The fourth-order valence-electron chi connectivity index (χ4n) is 11.5. The van der Waals surface area contributed by atoms with Crippen molar-refractivity contribution in [1.82, 2.24) is 14.6 Å². The van der Waals surface area contributed by atoms with Crippen molar-refractivity contribution in [2.24, 2.45) is 22.9 Å². The number of nitrogens with zero attached hydrogens (tertiary/aromatic N) is 3. The summed E-state index contributed by atoms with van der Waals surface area (Å²) in [6.45, 7) is 9.23. The Labute approximate surface area is 434 Å².